The predicted octanol–water partition coefficient (Wildman–Crippen LogP) is 9.42. The summed E-state index contributed by atoms with van der Waals surface area (Å²) in [6.45, 7) is 36.7. The molecule has 0 aromatic carbocycles. The van der Waals surface area contributed by atoms with Gasteiger partial charge in [-0.1, -0.05) is 48.5 Å². The van der Waals surface area contributed by atoms with Crippen molar-refractivity contribution in [2.75, 3.05) is 0 Å². The zero-order chi connectivity index (χ0) is 27.6. The van der Waals surface area contributed by atoms with Gasteiger partial charge in [0.25, 0.3) is 0 Å². The molecule has 0 aliphatic heterocycles. The molecule has 0 atom stereocenters. The van der Waals surface area contributed by atoms with Crippen LogP contribution in [-0.2, 0) is 0 Å². The Morgan fingerprint density at radius 3 is 1.33 bits per heavy atom. The number of rotatable bonds is 7. The predicted molar refractivity (Wildman–Crippen MR) is 167 cm³/mol. The molecule has 3 aliphatic carbocycles. The topological polar surface area (TPSA) is 24.1 Å². The van der Waals surface area contributed by atoms with Gasteiger partial charge >= 0.3 is 0 Å². The van der Waals surface area contributed by atoms with Crippen LogP contribution in [0.2, 0.25) is 37.3 Å². The van der Waals surface area contributed by atoms with Gasteiger partial charge in [-0.25, -0.2) is 0 Å². The number of hydrogen-bond donors (Lipinski definition) is 2. The Labute approximate surface area is 226 Å². The van der Waals surface area contributed by atoms with Crippen LogP contribution in [0, 0.1) is 5.92 Å². The van der Waals surface area contributed by atoms with E-state index < -0.39 is 16.5 Å². The lowest BCUT2D eigenvalue weighted by atomic mass is 9.71. The first-order valence-corrected chi connectivity index (χ1v) is 20.7. The van der Waals surface area contributed by atoms with Crippen LogP contribution >= 0.6 is 0 Å². The Bertz CT molecular complexity index is 978. The molecule has 3 rings (SSSR count). The van der Waals surface area contributed by atoms with Crippen LogP contribution in [0.25, 0.3) is 0 Å². The van der Waals surface area contributed by atoms with Gasteiger partial charge in [0.2, 0.25) is 0 Å². The highest BCUT2D eigenvalue weighted by Gasteiger charge is 2.47. The van der Waals surface area contributed by atoms with Gasteiger partial charge in [0.05, 0.1) is 0 Å². The maximum absolute atomic E-state index is 4.35. The van der Waals surface area contributed by atoms with E-state index in [0.717, 1.165) is 5.92 Å². The number of nitrogens with one attached hydrogen (secondary N) is 2. The smallest absolute Gasteiger partial charge is 0.131 e. The molecule has 2 N–H and O–H groups in total. The molecule has 3 aliphatic rings. The van der Waals surface area contributed by atoms with E-state index in [2.05, 4.69) is 112 Å². The molecule has 0 bridgehead atoms. The average Bonchev–Trinajstić information content (AvgIpc) is 3.06. The molecule has 0 heterocycles. The summed E-state index contributed by atoms with van der Waals surface area (Å²) in [5.74, 6) is 0.736. The lowest BCUT2D eigenvalue weighted by Crippen LogP contribution is -2.64. The molecule has 1 saturated carbocycles. The maximum atomic E-state index is 4.35. The van der Waals surface area contributed by atoms with E-state index in [0.29, 0.717) is 11.1 Å². The van der Waals surface area contributed by atoms with Crippen LogP contribution in [0.5, 0.6) is 0 Å². The molecule has 1 fully saturated rings. The van der Waals surface area contributed by atoms with Crippen molar-refractivity contribution in [1.29, 1.82) is 0 Å². The Hall–Kier alpha value is -0.686. The van der Waals surface area contributed by atoms with E-state index in [-0.39, 0.29) is 11.1 Å². The van der Waals surface area contributed by atoms with Crippen molar-refractivity contribution in [2.24, 2.45) is 5.92 Å². The minimum atomic E-state index is -1.70. The van der Waals surface area contributed by atoms with Crippen LogP contribution in [0.4, 0.5) is 0 Å². The molecule has 0 amide bonds. The fraction of sp³-hybridized carbons (Fsp3) is 0.750. The highest BCUT2D eigenvalue weighted by Crippen LogP contribution is 2.49. The van der Waals surface area contributed by atoms with Crippen molar-refractivity contribution < 1.29 is 0 Å². The van der Waals surface area contributed by atoms with Crippen LogP contribution in [0.15, 0.2) is 44.6 Å². The minimum absolute atomic E-state index is 0.174. The summed E-state index contributed by atoms with van der Waals surface area (Å²) < 4.78 is 0. The van der Waals surface area contributed by atoms with Gasteiger partial charge < -0.3 is 9.96 Å². The first-order chi connectivity index (χ1) is 16.3. The van der Waals surface area contributed by atoms with E-state index in [1.54, 1.807) is 22.3 Å². The lowest BCUT2D eigenvalue weighted by Gasteiger charge is -2.50. The summed E-state index contributed by atoms with van der Waals surface area (Å²) in [6.07, 6.45) is 5.21. The SMILES string of the molecule is CC1=C(C)C([Si](C)(C)NC2(C)CCC(C(C)(C)N[Si](C)(C)C3C(C)=C(C)C(C)=C3C)CC2)C(C)=C1C. The van der Waals surface area contributed by atoms with E-state index in [4.69, 9.17) is 0 Å². The van der Waals surface area contributed by atoms with Crippen molar-refractivity contribution in [3.63, 3.8) is 0 Å². The lowest BCUT2D eigenvalue weighted by molar-refractivity contribution is 0.161. The molecular formula is C32H58N2Si2. The molecule has 0 saturated heterocycles. The zero-order valence-electron chi connectivity index (χ0n) is 26.6. The highest BCUT2D eigenvalue weighted by molar-refractivity contribution is 6.78. The third-order valence-electron chi connectivity index (χ3n) is 11.0. The second-order valence-electron chi connectivity index (χ2n) is 14.8. The largest absolute Gasteiger partial charge is 0.332 e. The van der Waals surface area contributed by atoms with Crippen LogP contribution in [-0.4, -0.2) is 27.5 Å². The van der Waals surface area contributed by atoms with E-state index in [9.17, 15) is 0 Å². The van der Waals surface area contributed by atoms with Crippen molar-refractivity contribution in [1.82, 2.24) is 9.96 Å². The minimum Gasteiger partial charge on any atom is -0.332 e. The Balaban J connectivity index is 1.69. The van der Waals surface area contributed by atoms with E-state index >= 15 is 0 Å². The molecule has 0 unspecified atom stereocenters. The maximum Gasteiger partial charge on any atom is 0.131 e. The highest BCUT2D eigenvalue weighted by atomic mass is 28.3. The van der Waals surface area contributed by atoms with Crippen LogP contribution < -0.4 is 9.96 Å². The number of hydrogen-bond acceptors (Lipinski definition) is 2. The molecular weight excluding hydrogens is 469 g/mol. The van der Waals surface area contributed by atoms with Gasteiger partial charge in [0.15, 0.2) is 0 Å². The first kappa shape index (κ1) is 29.9. The molecule has 36 heavy (non-hydrogen) atoms. The summed E-state index contributed by atoms with van der Waals surface area (Å²) in [4.78, 5) is 8.68. The molecule has 2 nitrogen and oxygen atoms in total. The summed E-state index contributed by atoms with van der Waals surface area (Å²) in [6, 6.07) is 0. The Morgan fingerprint density at radius 2 is 0.972 bits per heavy atom. The second kappa shape index (κ2) is 9.81. The summed E-state index contributed by atoms with van der Waals surface area (Å²) >= 11 is 0. The molecule has 4 heteroatoms. The zero-order valence-corrected chi connectivity index (χ0v) is 28.6. The normalized spacial score (nSPS) is 27.9. The van der Waals surface area contributed by atoms with Crippen molar-refractivity contribution in [3.8, 4) is 0 Å². The molecule has 0 aromatic rings. The Morgan fingerprint density at radius 1 is 0.639 bits per heavy atom. The van der Waals surface area contributed by atoms with E-state index in [1.165, 1.54) is 48.0 Å². The standard InChI is InChI=1S/C32H58N2Si2/c1-20-21(2)25(6)29(24(20)5)35(12,13)33-31(9,10)28-16-18-32(11,19-17-28)34-36(14,15)30-26(7)22(3)23(4)27(30)8/h28-30,33-34H,16-19H2,1-15H3. The second-order valence-corrected chi connectivity index (χ2v) is 23.4. The van der Waals surface area contributed by atoms with Gasteiger partial charge in [0, 0.05) is 22.2 Å². The summed E-state index contributed by atoms with van der Waals surface area (Å²) in [5, 5.41) is 0. The Kier molecular flexibility index (Phi) is 8.14. The fourth-order valence-electron chi connectivity index (χ4n) is 8.82. The van der Waals surface area contributed by atoms with Gasteiger partial charge in [-0.3, -0.25) is 0 Å². The third kappa shape index (κ3) is 5.26. The van der Waals surface area contributed by atoms with Crippen LogP contribution in [0.1, 0.15) is 102 Å². The van der Waals surface area contributed by atoms with Crippen LogP contribution in [0.3, 0.4) is 0 Å². The van der Waals surface area contributed by atoms with E-state index in [1.807, 2.05) is 0 Å². The average molecular weight is 527 g/mol. The molecule has 0 radical (unpaired) electrons. The summed E-state index contributed by atoms with van der Waals surface area (Å²) in [7, 11) is -3.38. The molecule has 204 valence electrons. The van der Waals surface area contributed by atoms with Crippen molar-refractivity contribution in [2.45, 2.75) is 150 Å². The van der Waals surface area contributed by atoms with Crippen molar-refractivity contribution >= 4 is 16.5 Å². The third-order valence-corrected chi connectivity index (χ3v) is 18.2. The fourth-order valence-corrected chi connectivity index (χ4v) is 18.0. The summed E-state index contributed by atoms with van der Waals surface area (Å²) in [5.41, 5.74) is 14.3. The monoisotopic (exact) mass is 526 g/mol. The van der Waals surface area contributed by atoms with Crippen molar-refractivity contribution in [3.05, 3.63) is 44.6 Å². The van der Waals surface area contributed by atoms with Gasteiger partial charge in [0.1, 0.15) is 16.5 Å². The first-order valence-electron chi connectivity index (χ1n) is 14.5. The quantitative estimate of drug-likeness (QED) is 0.323. The van der Waals surface area contributed by atoms with Gasteiger partial charge in [-0.05, 0) is 130 Å². The molecule has 0 aromatic heterocycles. The molecule has 0 spiro atoms. The van der Waals surface area contributed by atoms with Gasteiger partial charge in [-0.2, -0.15) is 0 Å². The number of allylic oxidation sites excluding steroid dienone is 8. The van der Waals surface area contributed by atoms with Gasteiger partial charge in [-0.15, -0.1) is 0 Å².